The first-order chi connectivity index (χ1) is 8.76. The molecule has 0 bridgehead atoms. The zero-order valence-electron chi connectivity index (χ0n) is 11.7. The van der Waals surface area contributed by atoms with Crippen molar-refractivity contribution in [2.24, 2.45) is 0 Å². The molecule has 0 spiro atoms. The molecule has 0 unspecified atom stereocenters. The standard InChI is InChI=1S/C10H10O2S.C4H9.Li/c1-11-8-5-3-4-7-6-9(13-2)12-10(7)8;1-3-4-2;/h3-6H,1-2H3;1,3-4H2,2H3;. The van der Waals surface area contributed by atoms with Crippen LogP contribution in [0.4, 0.5) is 0 Å². The Labute approximate surface area is 123 Å². The Balaban J connectivity index is 0.000000280. The Bertz CT molecular complexity index is 466. The molecule has 1 aromatic heterocycles. The number of unbranched alkanes of at least 4 members (excludes halogenated alkanes) is 1. The van der Waals surface area contributed by atoms with Crippen LogP contribution in [0.15, 0.2) is 33.8 Å². The molecule has 94 valence electrons. The number of thioether (sulfide) groups is 1. The Morgan fingerprint density at radius 3 is 2.67 bits per heavy atom. The van der Waals surface area contributed by atoms with E-state index in [9.17, 15) is 0 Å². The molecule has 18 heavy (non-hydrogen) atoms. The van der Waals surface area contributed by atoms with Gasteiger partial charge in [0.1, 0.15) is 0 Å². The summed E-state index contributed by atoms with van der Waals surface area (Å²) in [5, 5.41) is 3.35. The summed E-state index contributed by atoms with van der Waals surface area (Å²) in [7, 11) is 1.65. The molecule has 2 nitrogen and oxygen atoms in total. The number of methoxy groups -OCH3 is 1. The van der Waals surface area contributed by atoms with Gasteiger partial charge in [-0.25, -0.2) is 0 Å². The van der Waals surface area contributed by atoms with Gasteiger partial charge in [0.2, 0.25) is 0 Å². The van der Waals surface area contributed by atoms with Crippen LogP contribution in [0.2, 0.25) is 5.09 Å². The van der Waals surface area contributed by atoms with Gasteiger partial charge in [0.25, 0.3) is 0 Å². The zero-order chi connectivity index (χ0) is 13.4. The van der Waals surface area contributed by atoms with E-state index >= 15 is 0 Å². The molecule has 0 atom stereocenters. The summed E-state index contributed by atoms with van der Waals surface area (Å²) in [5.74, 6) is 0.790. The van der Waals surface area contributed by atoms with Crippen molar-refractivity contribution >= 4 is 40.4 Å². The fourth-order valence-electron chi connectivity index (χ4n) is 1.63. The topological polar surface area (TPSA) is 22.4 Å². The summed E-state index contributed by atoms with van der Waals surface area (Å²) in [4.78, 5) is 0. The molecule has 2 rings (SSSR count). The molecule has 0 saturated heterocycles. The Morgan fingerprint density at radius 1 is 1.39 bits per heavy atom. The number of fused-ring (bicyclic) bond motifs is 1. The summed E-state index contributed by atoms with van der Waals surface area (Å²) in [6.07, 6.45) is 4.72. The van der Waals surface area contributed by atoms with Gasteiger partial charge in [0.15, 0.2) is 16.4 Å². The van der Waals surface area contributed by atoms with Crippen molar-refractivity contribution in [1.29, 1.82) is 0 Å². The fourth-order valence-corrected chi connectivity index (χ4v) is 2.04. The summed E-state index contributed by atoms with van der Waals surface area (Å²) < 4.78 is 10.8. The second kappa shape index (κ2) is 8.58. The quantitative estimate of drug-likeness (QED) is 0.594. The van der Waals surface area contributed by atoms with E-state index < -0.39 is 0 Å². The molecule has 0 aliphatic rings. The van der Waals surface area contributed by atoms with E-state index in [1.807, 2.05) is 30.5 Å². The molecule has 0 N–H and O–H groups in total. The van der Waals surface area contributed by atoms with Crippen molar-refractivity contribution < 1.29 is 9.15 Å². The Morgan fingerprint density at radius 2 is 2.17 bits per heavy atom. The predicted molar refractivity (Wildman–Crippen MR) is 80.0 cm³/mol. The van der Waals surface area contributed by atoms with Crippen LogP contribution in [-0.4, -0.2) is 31.1 Å². The fraction of sp³-hybridized carbons (Fsp3) is 0.429. The zero-order valence-corrected chi connectivity index (χ0v) is 12.5. The summed E-state index contributed by atoms with van der Waals surface area (Å²) in [6, 6.07) is 7.89. The molecule has 0 aliphatic heterocycles. The maximum atomic E-state index is 5.58. The maximum absolute atomic E-state index is 5.58. The van der Waals surface area contributed by atoms with Crippen molar-refractivity contribution in [2.45, 2.75) is 30.0 Å². The van der Waals surface area contributed by atoms with Crippen LogP contribution in [0, 0.1) is 0 Å². The van der Waals surface area contributed by atoms with Crippen LogP contribution >= 0.6 is 11.8 Å². The van der Waals surface area contributed by atoms with Gasteiger partial charge in [0.05, 0.1) is 7.11 Å². The first-order valence-corrected chi connectivity index (χ1v) is 7.59. The predicted octanol–water partition coefficient (Wildman–Crippen LogP) is 4.54. The number of ether oxygens (including phenoxy) is 1. The molecular formula is C14H19LiO2S. The minimum atomic E-state index is 0.790. The van der Waals surface area contributed by atoms with Gasteiger partial charge < -0.3 is 9.15 Å². The average molecular weight is 258 g/mol. The van der Waals surface area contributed by atoms with E-state index in [0.29, 0.717) is 0 Å². The number of hydrogen-bond donors (Lipinski definition) is 0. The van der Waals surface area contributed by atoms with Crippen LogP contribution in [0.1, 0.15) is 19.8 Å². The molecule has 2 aromatic rings. The Hall–Kier alpha value is -0.493. The van der Waals surface area contributed by atoms with Gasteiger partial charge in [-0.2, -0.15) is 0 Å². The number of benzene rings is 1. The van der Waals surface area contributed by atoms with Crippen molar-refractivity contribution in [2.75, 3.05) is 13.4 Å². The van der Waals surface area contributed by atoms with Gasteiger partial charge in [-0.3, -0.25) is 0 Å². The molecule has 0 radical (unpaired) electrons. The van der Waals surface area contributed by atoms with Gasteiger partial charge in [-0.05, 0) is 18.4 Å². The van der Waals surface area contributed by atoms with Gasteiger partial charge >= 0.3 is 42.6 Å². The second-order valence-corrected chi connectivity index (χ2v) is 4.81. The third-order valence-corrected chi connectivity index (χ3v) is 3.22. The van der Waals surface area contributed by atoms with Crippen molar-refractivity contribution in [3.8, 4) is 5.75 Å². The summed E-state index contributed by atoms with van der Waals surface area (Å²) in [6.45, 7) is 2.21. The van der Waals surface area contributed by atoms with E-state index in [-0.39, 0.29) is 0 Å². The molecule has 0 amide bonds. The third kappa shape index (κ3) is 4.31. The molecule has 4 heteroatoms. The monoisotopic (exact) mass is 258 g/mol. The number of rotatable bonds is 4. The van der Waals surface area contributed by atoms with Crippen LogP contribution in [0.3, 0.4) is 0 Å². The van der Waals surface area contributed by atoms with Gasteiger partial charge in [-0.1, -0.05) is 23.9 Å². The van der Waals surface area contributed by atoms with Crippen LogP contribution in [0.5, 0.6) is 5.75 Å². The SMILES string of the molecule is COc1cccc2cc(SC)oc12.[Li][CH2]CCC. The first-order valence-electron chi connectivity index (χ1n) is 6.37. The van der Waals surface area contributed by atoms with Crippen molar-refractivity contribution in [3.05, 3.63) is 24.3 Å². The van der Waals surface area contributed by atoms with E-state index in [2.05, 4.69) is 24.6 Å². The van der Waals surface area contributed by atoms with Crippen LogP contribution in [-0.2, 0) is 0 Å². The molecule has 1 heterocycles. The minimum absolute atomic E-state index is 0.790. The van der Waals surface area contributed by atoms with Crippen molar-refractivity contribution in [1.82, 2.24) is 0 Å². The molecule has 0 aliphatic carbocycles. The first kappa shape index (κ1) is 15.6. The van der Waals surface area contributed by atoms with E-state index in [1.54, 1.807) is 18.9 Å². The van der Waals surface area contributed by atoms with Gasteiger partial charge in [0, 0.05) is 5.39 Å². The number of furan rings is 1. The molecule has 1 aromatic carbocycles. The second-order valence-electron chi connectivity index (χ2n) is 4.00. The van der Waals surface area contributed by atoms with Crippen LogP contribution in [0.25, 0.3) is 11.0 Å². The Kier molecular flexibility index (Phi) is 7.42. The molecule has 0 fully saturated rings. The van der Waals surface area contributed by atoms with Crippen LogP contribution < -0.4 is 4.74 Å². The van der Waals surface area contributed by atoms with E-state index in [0.717, 1.165) is 21.8 Å². The number of hydrogen-bond acceptors (Lipinski definition) is 3. The third-order valence-electron chi connectivity index (χ3n) is 2.61. The summed E-state index contributed by atoms with van der Waals surface area (Å²) in [5.41, 5.74) is 0.828. The van der Waals surface area contributed by atoms with E-state index in [4.69, 9.17) is 9.15 Å². The van der Waals surface area contributed by atoms with Crippen molar-refractivity contribution in [3.63, 3.8) is 0 Å². The van der Waals surface area contributed by atoms with E-state index in [1.165, 1.54) is 17.9 Å². The number of para-hydroxylation sites is 1. The normalized spacial score (nSPS) is 10.1. The van der Waals surface area contributed by atoms with Gasteiger partial charge in [-0.15, -0.1) is 0 Å². The molecular weight excluding hydrogens is 239 g/mol. The molecule has 0 saturated carbocycles. The average Bonchev–Trinajstić information content (AvgIpc) is 2.83. The summed E-state index contributed by atoms with van der Waals surface area (Å²) >= 11 is 3.80.